The average Bonchev–Trinajstić information content (AvgIpc) is 2.84. The van der Waals surface area contributed by atoms with Crippen LogP contribution in [0.2, 0.25) is 0 Å². The maximum Gasteiger partial charge on any atom is 0.274 e. The quantitative estimate of drug-likeness (QED) is 0.797. The first-order valence-corrected chi connectivity index (χ1v) is 6.19. The summed E-state index contributed by atoms with van der Waals surface area (Å²) in [6.45, 7) is 0.866. The molecule has 0 bridgehead atoms. The van der Waals surface area contributed by atoms with Gasteiger partial charge in [-0.1, -0.05) is 0 Å². The van der Waals surface area contributed by atoms with E-state index in [0.717, 1.165) is 32.0 Å². The second-order valence-electron chi connectivity index (χ2n) is 4.46. The van der Waals surface area contributed by atoms with Gasteiger partial charge in [-0.05, 0) is 25.7 Å². The van der Waals surface area contributed by atoms with E-state index < -0.39 is 0 Å². The van der Waals surface area contributed by atoms with Gasteiger partial charge in [-0.2, -0.15) is 0 Å². The van der Waals surface area contributed by atoms with Gasteiger partial charge in [0.2, 0.25) is 0 Å². The number of carbonyl (C=O) groups is 1. The molecule has 1 aromatic rings. The Morgan fingerprint density at radius 1 is 1.61 bits per heavy atom. The Morgan fingerprint density at radius 3 is 3.11 bits per heavy atom. The summed E-state index contributed by atoms with van der Waals surface area (Å²) >= 11 is 0. The van der Waals surface area contributed by atoms with Crippen molar-refractivity contribution in [2.24, 2.45) is 0 Å². The fourth-order valence-electron chi connectivity index (χ4n) is 2.34. The summed E-state index contributed by atoms with van der Waals surface area (Å²) in [5, 5.41) is 8.84. The molecule has 1 amide bonds. The third kappa shape index (κ3) is 2.76. The Morgan fingerprint density at radius 2 is 2.44 bits per heavy atom. The highest BCUT2D eigenvalue weighted by Crippen LogP contribution is 2.22. The number of amides is 1. The number of nitrogens with one attached hydrogen (secondary N) is 1. The number of likely N-dealkylation sites (tertiary alicyclic amines) is 1. The van der Waals surface area contributed by atoms with Crippen LogP contribution in [0.5, 0.6) is 0 Å². The molecule has 1 saturated heterocycles. The summed E-state index contributed by atoms with van der Waals surface area (Å²) in [4.78, 5) is 31.2. The van der Waals surface area contributed by atoms with Crippen molar-refractivity contribution in [3.05, 3.63) is 28.4 Å². The van der Waals surface area contributed by atoms with Gasteiger partial charge in [0.15, 0.2) is 0 Å². The Bertz CT molecular complexity index is 451. The summed E-state index contributed by atoms with van der Waals surface area (Å²) in [7, 11) is 0. The third-order valence-corrected chi connectivity index (χ3v) is 3.22. The second kappa shape index (κ2) is 5.77. The molecule has 1 fully saturated rings. The number of aromatic amines is 1. The van der Waals surface area contributed by atoms with Gasteiger partial charge in [0.25, 0.3) is 11.5 Å². The highest BCUT2D eigenvalue weighted by molar-refractivity contribution is 5.92. The van der Waals surface area contributed by atoms with Crippen LogP contribution in [-0.4, -0.2) is 45.1 Å². The van der Waals surface area contributed by atoms with Crippen LogP contribution in [0.4, 0.5) is 0 Å². The SMILES string of the molecule is O=C(c1c[nH]c(=O)cn1)N1CCCC1CCCO. The topological polar surface area (TPSA) is 86.3 Å². The molecule has 1 aromatic heterocycles. The maximum atomic E-state index is 12.2. The van der Waals surface area contributed by atoms with Crippen LogP contribution in [0, 0.1) is 0 Å². The molecule has 0 spiro atoms. The van der Waals surface area contributed by atoms with E-state index >= 15 is 0 Å². The molecule has 0 radical (unpaired) electrons. The van der Waals surface area contributed by atoms with Crippen molar-refractivity contribution in [3.63, 3.8) is 0 Å². The molecule has 0 saturated carbocycles. The van der Waals surface area contributed by atoms with Crippen LogP contribution >= 0.6 is 0 Å². The van der Waals surface area contributed by atoms with Crippen molar-refractivity contribution in [2.75, 3.05) is 13.2 Å². The highest BCUT2D eigenvalue weighted by atomic mass is 16.3. The predicted molar refractivity (Wildman–Crippen MR) is 65.2 cm³/mol. The fourth-order valence-corrected chi connectivity index (χ4v) is 2.34. The first kappa shape index (κ1) is 12.8. The zero-order valence-corrected chi connectivity index (χ0v) is 10.1. The van der Waals surface area contributed by atoms with Gasteiger partial charge in [0, 0.05) is 25.4 Å². The van der Waals surface area contributed by atoms with E-state index in [4.69, 9.17) is 5.11 Å². The van der Waals surface area contributed by atoms with Crippen LogP contribution in [0.1, 0.15) is 36.2 Å². The van der Waals surface area contributed by atoms with Crippen molar-refractivity contribution in [1.29, 1.82) is 0 Å². The van der Waals surface area contributed by atoms with Crippen molar-refractivity contribution < 1.29 is 9.90 Å². The number of hydrogen-bond acceptors (Lipinski definition) is 4. The van der Waals surface area contributed by atoms with Crippen molar-refractivity contribution in [1.82, 2.24) is 14.9 Å². The smallest absolute Gasteiger partial charge is 0.274 e. The molecule has 6 nitrogen and oxygen atoms in total. The van der Waals surface area contributed by atoms with Crippen molar-refractivity contribution >= 4 is 5.91 Å². The number of H-pyrrole nitrogens is 1. The molecular formula is C12H17N3O3. The second-order valence-corrected chi connectivity index (χ2v) is 4.46. The predicted octanol–water partition coefficient (Wildman–Crippen LogP) is 0.147. The Hall–Kier alpha value is -1.69. The molecule has 1 atom stereocenters. The number of carbonyl (C=O) groups excluding carboxylic acids is 1. The number of aromatic nitrogens is 2. The highest BCUT2D eigenvalue weighted by Gasteiger charge is 2.29. The van der Waals surface area contributed by atoms with E-state index in [1.807, 2.05) is 0 Å². The van der Waals surface area contributed by atoms with Gasteiger partial charge in [0.05, 0.1) is 6.20 Å². The first-order valence-electron chi connectivity index (χ1n) is 6.19. The molecule has 1 unspecified atom stereocenters. The standard InChI is InChI=1S/C12H17N3O3/c16-6-2-4-9-3-1-5-15(9)12(18)10-7-14-11(17)8-13-10/h7-9,16H,1-6H2,(H,14,17). The number of aliphatic hydroxyl groups excluding tert-OH is 1. The largest absolute Gasteiger partial charge is 0.396 e. The van der Waals surface area contributed by atoms with E-state index in [1.54, 1.807) is 4.90 Å². The van der Waals surface area contributed by atoms with Gasteiger partial charge in [-0.15, -0.1) is 0 Å². The van der Waals surface area contributed by atoms with Gasteiger partial charge in [-0.3, -0.25) is 9.59 Å². The minimum atomic E-state index is -0.315. The monoisotopic (exact) mass is 251 g/mol. The first-order chi connectivity index (χ1) is 8.72. The molecule has 6 heteroatoms. The number of aliphatic hydroxyl groups is 1. The van der Waals surface area contributed by atoms with Gasteiger partial charge in [-0.25, -0.2) is 4.98 Å². The number of nitrogens with zero attached hydrogens (tertiary/aromatic N) is 2. The summed E-state index contributed by atoms with van der Waals surface area (Å²) in [5.41, 5.74) is -0.0460. The fraction of sp³-hybridized carbons (Fsp3) is 0.583. The molecule has 0 aromatic carbocycles. The molecule has 1 aliphatic rings. The van der Waals surface area contributed by atoms with Crippen molar-refractivity contribution in [3.8, 4) is 0 Å². The van der Waals surface area contributed by atoms with E-state index in [0.29, 0.717) is 6.42 Å². The molecular weight excluding hydrogens is 234 g/mol. The summed E-state index contributed by atoms with van der Waals surface area (Å²) in [5.74, 6) is -0.147. The van der Waals surface area contributed by atoms with Gasteiger partial charge < -0.3 is 15.0 Å². The number of rotatable bonds is 4. The Balaban J connectivity index is 2.07. The molecule has 0 aliphatic carbocycles. The third-order valence-electron chi connectivity index (χ3n) is 3.22. The number of hydrogen-bond donors (Lipinski definition) is 2. The zero-order valence-electron chi connectivity index (χ0n) is 10.1. The minimum Gasteiger partial charge on any atom is -0.396 e. The zero-order chi connectivity index (χ0) is 13.0. The molecule has 1 aliphatic heterocycles. The molecule has 98 valence electrons. The molecule has 2 heterocycles. The lowest BCUT2D eigenvalue weighted by atomic mass is 10.1. The van der Waals surface area contributed by atoms with Crippen LogP contribution in [0.3, 0.4) is 0 Å². The molecule has 2 rings (SSSR count). The lowest BCUT2D eigenvalue weighted by Crippen LogP contribution is -2.36. The van der Waals surface area contributed by atoms with E-state index in [9.17, 15) is 9.59 Å². The van der Waals surface area contributed by atoms with Crippen LogP contribution in [0.15, 0.2) is 17.2 Å². The van der Waals surface area contributed by atoms with Crippen LogP contribution in [0.25, 0.3) is 0 Å². The van der Waals surface area contributed by atoms with Crippen LogP contribution < -0.4 is 5.56 Å². The minimum absolute atomic E-state index is 0.147. The van der Waals surface area contributed by atoms with Crippen molar-refractivity contribution in [2.45, 2.75) is 31.7 Å². The molecule has 2 N–H and O–H groups in total. The summed E-state index contributed by atoms with van der Waals surface area (Å²) < 4.78 is 0. The Kier molecular flexibility index (Phi) is 4.09. The van der Waals surface area contributed by atoms with E-state index in [1.165, 1.54) is 6.20 Å². The van der Waals surface area contributed by atoms with Crippen LogP contribution in [-0.2, 0) is 0 Å². The maximum absolute atomic E-state index is 12.2. The summed E-state index contributed by atoms with van der Waals surface area (Å²) in [6.07, 6.45) is 5.93. The lowest BCUT2D eigenvalue weighted by Gasteiger charge is -2.24. The molecule has 18 heavy (non-hydrogen) atoms. The van der Waals surface area contributed by atoms with Gasteiger partial charge >= 0.3 is 0 Å². The van der Waals surface area contributed by atoms with Gasteiger partial charge in [0.1, 0.15) is 5.69 Å². The average molecular weight is 251 g/mol. The lowest BCUT2D eigenvalue weighted by molar-refractivity contribution is 0.0718. The Labute approximate surface area is 105 Å². The van der Waals surface area contributed by atoms with E-state index in [-0.39, 0.29) is 29.8 Å². The summed E-state index contributed by atoms with van der Waals surface area (Å²) in [6, 6.07) is 0.179. The van der Waals surface area contributed by atoms with E-state index in [2.05, 4.69) is 9.97 Å². The normalized spacial score (nSPS) is 19.2.